The molecule has 0 saturated heterocycles. The van der Waals surface area contributed by atoms with Crippen LogP contribution in [0.5, 0.6) is 0 Å². The topological polar surface area (TPSA) is 70.2 Å². The Labute approximate surface area is 193 Å². The monoisotopic (exact) mass is 463 g/mol. The van der Waals surface area contributed by atoms with Crippen molar-refractivity contribution in [3.63, 3.8) is 0 Å². The molecule has 0 bridgehead atoms. The van der Waals surface area contributed by atoms with Crippen molar-refractivity contribution in [1.82, 2.24) is 0 Å². The molecule has 4 rings (SSSR count). The van der Waals surface area contributed by atoms with Crippen molar-refractivity contribution in [2.75, 3.05) is 22.5 Å². The predicted molar refractivity (Wildman–Crippen MR) is 127 cm³/mol. The molecule has 0 spiro atoms. The average molecular weight is 463 g/mol. The first kappa shape index (κ1) is 22.8. The molecule has 3 N–H and O–H groups in total. The summed E-state index contributed by atoms with van der Waals surface area (Å²) in [6.45, 7) is 0.0129. The van der Waals surface area contributed by atoms with Crippen LogP contribution in [0, 0.1) is 0 Å². The molecule has 172 valence electrons. The SMILES string of the molecule is O=C(CNc1ccc2ccccc2c1)Nc1cccc(C(=O)Nc2cccc(C(F)(F)F)c2)c1. The van der Waals surface area contributed by atoms with Crippen LogP contribution in [0.4, 0.5) is 30.2 Å². The number of hydrogen-bond donors (Lipinski definition) is 3. The minimum absolute atomic E-state index is 0.0129. The molecule has 0 saturated carbocycles. The summed E-state index contributed by atoms with van der Waals surface area (Å²) < 4.78 is 38.7. The Morgan fingerprint density at radius 1 is 0.676 bits per heavy atom. The smallest absolute Gasteiger partial charge is 0.376 e. The van der Waals surface area contributed by atoms with Crippen molar-refractivity contribution in [3.8, 4) is 0 Å². The van der Waals surface area contributed by atoms with Gasteiger partial charge in [-0.2, -0.15) is 13.2 Å². The number of alkyl halides is 3. The standard InChI is InChI=1S/C26H20F3N3O2/c27-26(28,29)20-8-4-10-23(15-20)32-25(34)19-7-3-9-22(14-19)31-24(33)16-30-21-12-11-17-5-1-2-6-18(17)13-21/h1-15,30H,16H2,(H,31,33)(H,32,34). The molecule has 0 heterocycles. The van der Waals surface area contributed by atoms with E-state index in [2.05, 4.69) is 16.0 Å². The third-order valence-corrected chi connectivity index (χ3v) is 5.06. The Bertz CT molecular complexity index is 1350. The third kappa shape index (κ3) is 5.72. The fraction of sp³-hybridized carbons (Fsp3) is 0.0769. The summed E-state index contributed by atoms with van der Waals surface area (Å²) in [6.07, 6.45) is -4.51. The molecule has 8 heteroatoms. The molecule has 5 nitrogen and oxygen atoms in total. The first-order valence-electron chi connectivity index (χ1n) is 10.4. The van der Waals surface area contributed by atoms with Crippen LogP contribution in [-0.4, -0.2) is 18.4 Å². The molecular formula is C26H20F3N3O2. The maximum atomic E-state index is 12.9. The number of carbonyl (C=O) groups is 2. The first-order chi connectivity index (χ1) is 16.3. The van der Waals surface area contributed by atoms with Crippen molar-refractivity contribution in [3.05, 3.63) is 102 Å². The normalized spacial score (nSPS) is 11.1. The van der Waals surface area contributed by atoms with Crippen LogP contribution in [-0.2, 0) is 11.0 Å². The van der Waals surface area contributed by atoms with E-state index in [0.29, 0.717) is 5.69 Å². The largest absolute Gasteiger partial charge is 0.416 e. The Kier molecular flexibility index (Phi) is 6.49. The molecule has 0 radical (unpaired) electrons. The second-order valence-electron chi connectivity index (χ2n) is 7.58. The van der Waals surface area contributed by atoms with E-state index in [9.17, 15) is 22.8 Å². The van der Waals surface area contributed by atoms with Gasteiger partial charge in [0.25, 0.3) is 5.91 Å². The number of rotatable bonds is 6. The molecule has 0 aliphatic carbocycles. The lowest BCUT2D eigenvalue weighted by Crippen LogP contribution is -2.22. The van der Waals surface area contributed by atoms with Crippen molar-refractivity contribution in [1.29, 1.82) is 0 Å². The lowest BCUT2D eigenvalue weighted by atomic mass is 10.1. The zero-order chi connectivity index (χ0) is 24.1. The lowest BCUT2D eigenvalue weighted by Gasteiger charge is -2.11. The van der Waals surface area contributed by atoms with Crippen LogP contribution in [0.2, 0.25) is 0 Å². The second-order valence-corrected chi connectivity index (χ2v) is 7.58. The highest BCUT2D eigenvalue weighted by Gasteiger charge is 2.30. The van der Waals surface area contributed by atoms with E-state index in [1.807, 2.05) is 42.5 Å². The van der Waals surface area contributed by atoms with Crippen LogP contribution in [0.1, 0.15) is 15.9 Å². The highest BCUT2D eigenvalue weighted by atomic mass is 19.4. The summed E-state index contributed by atoms with van der Waals surface area (Å²) in [7, 11) is 0. The maximum Gasteiger partial charge on any atom is 0.416 e. The second kappa shape index (κ2) is 9.66. The van der Waals surface area contributed by atoms with Gasteiger partial charge in [0.15, 0.2) is 0 Å². The van der Waals surface area contributed by atoms with E-state index in [4.69, 9.17) is 0 Å². The average Bonchev–Trinajstić information content (AvgIpc) is 2.82. The maximum absolute atomic E-state index is 12.9. The van der Waals surface area contributed by atoms with Gasteiger partial charge in [0.1, 0.15) is 0 Å². The summed E-state index contributed by atoms with van der Waals surface area (Å²) in [5.74, 6) is -0.909. The van der Waals surface area contributed by atoms with Crippen LogP contribution in [0.25, 0.3) is 10.8 Å². The number of halogens is 3. The third-order valence-electron chi connectivity index (χ3n) is 5.06. The molecule has 0 aliphatic heterocycles. The molecule has 34 heavy (non-hydrogen) atoms. The highest BCUT2D eigenvalue weighted by molar-refractivity contribution is 6.05. The molecule has 0 aromatic heterocycles. The summed E-state index contributed by atoms with van der Waals surface area (Å²) in [5.41, 5.74) is 0.543. The minimum Gasteiger partial charge on any atom is -0.376 e. The Morgan fingerprint density at radius 2 is 1.38 bits per heavy atom. The van der Waals surface area contributed by atoms with E-state index >= 15 is 0 Å². The van der Waals surface area contributed by atoms with Gasteiger partial charge in [-0.1, -0.05) is 42.5 Å². The molecular weight excluding hydrogens is 443 g/mol. The van der Waals surface area contributed by atoms with E-state index in [-0.39, 0.29) is 23.7 Å². The quantitative estimate of drug-likeness (QED) is 0.321. The number of anilines is 3. The van der Waals surface area contributed by atoms with Crippen LogP contribution in [0.15, 0.2) is 91.0 Å². The molecule has 4 aromatic carbocycles. The number of amides is 2. The number of carbonyl (C=O) groups excluding carboxylic acids is 2. The van der Waals surface area contributed by atoms with Crippen LogP contribution in [0.3, 0.4) is 0 Å². The minimum atomic E-state index is -4.51. The molecule has 0 atom stereocenters. The fourth-order valence-electron chi connectivity index (χ4n) is 3.40. The Morgan fingerprint density at radius 3 is 2.15 bits per heavy atom. The van der Waals surface area contributed by atoms with Crippen molar-refractivity contribution in [2.45, 2.75) is 6.18 Å². The van der Waals surface area contributed by atoms with E-state index < -0.39 is 17.6 Å². The number of hydrogen-bond acceptors (Lipinski definition) is 3. The predicted octanol–water partition coefficient (Wildman–Crippen LogP) is 6.16. The van der Waals surface area contributed by atoms with Gasteiger partial charge in [-0.15, -0.1) is 0 Å². The number of fused-ring (bicyclic) bond motifs is 1. The van der Waals surface area contributed by atoms with E-state index in [1.165, 1.54) is 24.3 Å². The van der Waals surface area contributed by atoms with Gasteiger partial charge in [0, 0.05) is 22.6 Å². The number of nitrogens with one attached hydrogen (secondary N) is 3. The number of benzene rings is 4. The molecule has 0 fully saturated rings. The zero-order valence-corrected chi connectivity index (χ0v) is 17.8. The van der Waals surface area contributed by atoms with Gasteiger partial charge in [-0.25, -0.2) is 0 Å². The zero-order valence-electron chi connectivity index (χ0n) is 17.8. The van der Waals surface area contributed by atoms with Gasteiger partial charge in [0.05, 0.1) is 12.1 Å². The van der Waals surface area contributed by atoms with Gasteiger partial charge in [-0.3, -0.25) is 9.59 Å². The van der Waals surface area contributed by atoms with Crippen molar-refractivity contribution < 1.29 is 22.8 Å². The Balaban J connectivity index is 1.37. The van der Waals surface area contributed by atoms with E-state index in [1.54, 1.807) is 12.1 Å². The summed E-state index contributed by atoms with van der Waals surface area (Å²) >= 11 is 0. The van der Waals surface area contributed by atoms with Crippen LogP contribution >= 0.6 is 0 Å². The van der Waals surface area contributed by atoms with Gasteiger partial charge >= 0.3 is 6.18 Å². The Hall–Kier alpha value is -4.33. The summed E-state index contributed by atoms with van der Waals surface area (Å²) in [4.78, 5) is 24.9. The summed E-state index contributed by atoms with van der Waals surface area (Å²) in [6, 6.07) is 24.2. The fourth-order valence-corrected chi connectivity index (χ4v) is 3.40. The van der Waals surface area contributed by atoms with Crippen LogP contribution < -0.4 is 16.0 Å². The highest BCUT2D eigenvalue weighted by Crippen LogP contribution is 2.30. The molecule has 2 amide bonds. The van der Waals surface area contributed by atoms with Gasteiger partial charge in [0.2, 0.25) is 5.91 Å². The van der Waals surface area contributed by atoms with Crippen molar-refractivity contribution >= 4 is 39.6 Å². The van der Waals surface area contributed by atoms with Crippen molar-refractivity contribution in [2.24, 2.45) is 0 Å². The van der Waals surface area contributed by atoms with E-state index in [0.717, 1.165) is 28.6 Å². The summed E-state index contributed by atoms with van der Waals surface area (Å²) in [5, 5.41) is 10.4. The van der Waals surface area contributed by atoms with Gasteiger partial charge in [-0.05, 0) is 59.3 Å². The molecule has 0 aliphatic rings. The first-order valence-corrected chi connectivity index (χ1v) is 10.4. The molecule has 4 aromatic rings. The molecule has 0 unspecified atom stereocenters. The lowest BCUT2D eigenvalue weighted by molar-refractivity contribution is -0.137. The van der Waals surface area contributed by atoms with Gasteiger partial charge < -0.3 is 16.0 Å².